The van der Waals surface area contributed by atoms with Crippen LogP contribution in [0.25, 0.3) is 0 Å². The van der Waals surface area contributed by atoms with Crippen LogP contribution in [0.2, 0.25) is 0 Å². The number of ether oxygens (including phenoxy) is 3. The number of hydrogen-bond donors (Lipinski definition) is 1. The zero-order valence-electron chi connectivity index (χ0n) is 15.6. The van der Waals surface area contributed by atoms with Crippen molar-refractivity contribution in [3.8, 4) is 11.5 Å². The lowest BCUT2D eigenvalue weighted by molar-refractivity contribution is -0.00127. The van der Waals surface area contributed by atoms with Gasteiger partial charge in [0, 0.05) is 5.69 Å². The van der Waals surface area contributed by atoms with Gasteiger partial charge in [-0.05, 0) is 48.4 Å². The van der Waals surface area contributed by atoms with Crippen molar-refractivity contribution in [3.05, 3.63) is 70.8 Å². The van der Waals surface area contributed by atoms with E-state index in [9.17, 15) is 9.18 Å². The summed E-state index contributed by atoms with van der Waals surface area (Å²) in [6.45, 7) is 2.69. The fraction of sp³-hybridized carbons (Fsp3) is 0.238. The lowest BCUT2D eigenvalue weighted by Gasteiger charge is -2.24. The molecule has 29 heavy (non-hydrogen) atoms. The van der Waals surface area contributed by atoms with Crippen molar-refractivity contribution in [2.24, 2.45) is 0 Å². The third kappa shape index (κ3) is 3.31. The van der Waals surface area contributed by atoms with Crippen LogP contribution >= 0.6 is 0 Å². The van der Waals surface area contributed by atoms with Crippen LogP contribution in [-0.4, -0.2) is 22.5 Å². The minimum Gasteiger partial charge on any atom is -0.454 e. The van der Waals surface area contributed by atoms with Crippen molar-refractivity contribution in [2.45, 2.75) is 26.2 Å². The Bertz CT molecular complexity index is 1110. The van der Waals surface area contributed by atoms with Gasteiger partial charge in [0.25, 0.3) is 5.91 Å². The van der Waals surface area contributed by atoms with Crippen LogP contribution in [0.1, 0.15) is 33.4 Å². The van der Waals surface area contributed by atoms with Crippen LogP contribution < -0.4 is 14.8 Å². The van der Waals surface area contributed by atoms with Crippen LogP contribution in [0, 0.1) is 12.7 Å². The van der Waals surface area contributed by atoms with Crippen LogP contribution in [0.4, 0.5) is 10.1 Å². The van der Waals surface area contributed by atoms with Crippen LogP contribution in [0.3, 0.4) is 0 Å². The summed E-state index contributed by atoms with van der Waals surface area (Å²) >= 11 is 0. The largest absolute Gasteiger partial charge is 0.454 e. The van der Waals surface area contributed by atoms with E-state index < -0.39 is 5.91 Å². The van der Waals surface area contributed by atoms with Crippen molar-refractivity contribution in [2.75, 3.05) is 12.1 Å². The summed E-state index contributed by atoms with van der Waals surface area (Å²) in [6, 6.07) is 12.0. The first-order chi connectivity index (χ1) is 14.1. The number of anilines is 1. The first-order valence-corrected chi connectivity index (χ1v) is 9.22. The molecule has 5 rings (SSSR count). The predicted octanol–water partition coefficient (Wildman–Crippen LogP) is 3.58. The average Bonchev–Trinajstić information content (AvgIpc) is 3.36. The number of carbonyl (C=O) groups excluding carboxylic acids is 1. The number of amides is 1. The summed E-state index contributed by atoms with van der Waals surface area (Å²) in [5, 5.41) is 7.09. The standard InChI is InChI=1S/C21H18FN3O4/c1-12-2-4-14(7-16(12)22)23-21(26)17-8-15-10-27-20(9-25(15)24-17)13-3-5-18-19(6-13)29-11-28-18/h2-8,20H,9-11H2,1H3,(H,23,26)/t20-/m0/s1. The number of nitrogens with one attached hydrogen (secondary N) is 1. The molecule has 1 N–H and O–H groups in total. The zero-order chi connectivity index (χ0) is 20.0. The van der Waals surface area contributed by atoms with E-state index in [4.69, 9.17) is 14.2 Å². The highest BCUT2D eigenvalue weighted by molar-refractivity contribution is 6.02. The van der Waals surface area contributed by atoms with Gasteiger partial charge in [0.1, 0.15) is 11.9 Å². The predicted molar refractivity (Wildman–Crippen MR) is 101 cm³/mol. The quantitative estimate of drug-likeness (QED) is 0.734. The zero-order valence-corrected chi connectivity index (χ0v) is 15.6. The summed E-state index contributed by atoms with van der Waals surface area (Å²) < 4.78 is 32.2. The Hall–Kier alpha value is -3.39. The number of aryl methyl sites for hydroxylation is 1. The second-order valence-corrected chi connectivity index (χ2v) is 7.03. The van der Waals surface area contributed by atoms with Crippen LogP contribution in [0.15, 0.2) is 42.5 Å². The van der Waals surface area contributed by atoms with Crippen LogP contribution in [0.5, 0.6) is 11.5 Å². The molecule has 0 saturated carbocycles. The highest BCUT2D eigenvalue weighted by Gasteiger charge is 2.26. The number of fused-ring (bicyclic) bond motifs is 2. The lowest BCUT2D eigenvalue weighted by Crippen LogP contribution is -2.22. The Morgan fingerprint density at radius 1 is 1.17 bits per heavy atom. The average molecular weight is 395 g/mol. The maximum atomic E-state index is 13.7. The number of aromatic nitrogens is 2. The molecule has 0 spiro atoms. The molecule has 0 aliphatic carbocycles. The molecule has 2 aromatic carbocycles. The van der Waals surface area contributed by atoms with E-state index in [0.29, 0.717) is 30.2 Å². The number of benzene rings is 2. The molecule has 2 aliphatic rings. The second kappa shape index (κ2) is 6.89. The first-order valence-electron chi connectivity index (χ1n) is 9.22. The molecule has 148 valence electrons. The van der Waals surface area contributed by atoms with Crippen molar-refractivity contribution >= 4 is 11.6 Å². The number of nitrogens with zero attached hydrogens (tertiary/aromatic N) is 2. The lowest BCUT2D eigenvalue weighted by atomic mass is 10.1. The minimum absolute atomic E-state index is 0.209. The van der Waals surface area contributed by atoms with Gasteiger partial charge < -0.3 is 19.5 Å². The van der Waals surface area contributed by atoms with Crippen molar-refractivity contribution in [1.82, 2.24) is 9.78 Å². The SMILES string of the molecule is Cc1ccc(NC(=O)c2cc3n(n2)C[C@@H](c2ccc4c(c2)OCO4)OC3)cc1F. The molecule has 8 heteroatoms. The molecule has 1 atom stereocenters. The molecule has 0 bridgehead atoms. The Balaban J connectivity index is 1.32. The topological polar surface area (TPSA) is 74.6 Å². The number of rotatable bonds is 3. The van der Waals surface area contributed by atoms with Gasteiger partial charge >= 0.3 is 0 Å². The van der Waals surface area contributed by atoms with Gasteiger partial charge in [0.15, 0.2) is 17.2 Å². The molecule has 0 fully saturated rings. The van der Waals surface area contributed by atoms with Crippen molar-refractivity contribution in [3.63, 3.8) is 0 Å². The summed E-state index contributed by atoms with van der Waals surface area (Å²) in [4.78, 5) is 12.5. The Morgan fingerprint density at radius 3 is 2.90 bits per heavy atom. The van der Waals surface area contributed by atoms with E-state index in [1.54, 1.807) is 29.8 Å². The number of halogens is 1. The van der Waals surface area contributed by atoms with Gasteiger partial charge in [0.2, 0.25) is 6.79 Å². The number of hydrogen-bond acceptors (Lipinski definition) is 5. The molecule has 3 heterocycles. The van der Waals surface area contributed by atoms with Gasteiger partial charge in [-0.25, -0.2) is 4.39 Å². The van der Waals surface area contributed by atoms with E-state index in [1.807, 2.05) is 18.2 Å². The molecule has 0 radical (unpaired) electrons. The summed E-state index contributed by atoms with van der Waals surface area (Å²) in [5.41, 5.74) is 2.93. The maximum Gasteiger partial charge on any atom is 0.276 e. The molecule has 7 nitrogen and oxygen atoms in total. The molecule has 2 aliphatic heterocycles. The highest BCUT2D eigenvalue weighted by atomic mass is 19.1. The summed E-state index contributed by atoms with van der Waals surface area (Å²) in [7, 11) is 0. The smallest absolute Gasteiger partial charge is 0.276 e. The van der Waals surface area contributed by atoms with Gasteiger partial charge in [-0.1, -0.05) is 12.1 Å². The fourth-order valence-corrected chi connectivity index (χ4v) is 3.42. The summed E-state index contributed by atoms with van der Waals surface area (Å²) in [6.07, 6.45) is -0.209. The third-order valence-corrected chi connectivity index (χ3v) is 5.07. The van der Waals surface area contributed by atoms with Gasteiger partial charge in [-0.3, -0.25) is 9.48 Å². The molecule has 3 aromatic rings. The fourth-order valence-electron chi connectivity index (χ4n) is 3.42. The Labute approximate surface area is 166 Å². The molecule has 0 unspecified atom stereocenters. The third-order valence-electron chi connectivity index (χ3n) is 5.07. The van der Waals surface area contributed by atoms with Gasteiger partial charge in [0.05, 0.1) is 18.8 Å². The highest BCUT2D eigenvalue weighted by Crippen LogP contribution is 2.36. The Morgan fingerprint density at radius 2 is 2.03 bits per heavy atom. The molecule has 1 aromatic heterocycles. The first kappa shape index (κ1) is 17.7. The monoisotopic (exact) mass is 395 g/mol. The van der Waals surface area contributed by atoms with E-state index in [2.05, 4.69) is 10.4 Å². The van der Waals surface area contributed by atoms with E-state index in [1.165, 1.54) is 6.07 Å². The molecule has 0 saturated heterocycles. The van der Waals surface area contributed by atoms with E-state index in [-0.39, 0.29) is 24.4 Å². The van der Waals surface area contributed by atoms with Gasteiger partial charge in [-0.2, -0.15) is 5.10 Å². The van der Waals surface area contributed by atoms with Crippen molar-refractivity contribution in [1.29, 1.82) is 0 Å². The number of carbonyl (C=O) groups is 1. The van der Waals surface area contributed by atoms with E-state index in [0.717, 1.165) is 17.0 Å². The Kier molecular flexibility index (Phi) is 4.21. The maximum absolute atomic E-state index is 13.7. The van der Waals surface area contributed by atoms with Gasteiger partial charge in [-0.15, -0.1) is 0 Å². The normalized spacial score (nSPS) is 17.1. The molecular formula is C21H18FN3O4. The molecular weight excluding hydrogens is 377 g/mol. The summed E-state index contributed by atoms with van der Waals surface area (Å²) in [5.74, 6) is 0.653. The second-order valence-electron chi connectivity index (χ2n) is 7.03. The minimum atomic E-state index is -0.394. The van der Waals surface area contributed by atoms with Crippen molar-refractivity contribution < 1.29 is 23.4 Å². The van der Waals surface area contributed by atoms with E-state index >= 15 is 0 Å². The molecule has 1 amide bonds. The van der Waals surface area contributed by atoms with Crippen LogP contribution in [-0.2, 0) is 17.9 Å².